The molecule has 0 bridgehead atoms. The molecule has 0 aliphatic rings. The maximum absolute atomic E-state index is 11.6. The lowest BCUT2D eigenvalue weighted by molar-refractivity contribution is 0.0527. The summed E-state index contributed by atoms with van der Waals surface area (Å²) in [4.78, 5) is 15.8. The van der Waals surface area contributed by atoms with E-state index in [1.54, 1.807) is 0 Å². The number of nitrogens with zero attached hydrogens (tertiary/aromatic N) is 1. The van der Waals surface area contributed by atoms with Crippen molar-refractivity contribution in [3.05, 3.63) is 29.4 Å². The molecule has 1 aromatic heterocycles. The Balaban J connectivity index is 1.82. The van der Waals surface area contributed by atoms with E-state index in [9.17, 15) is 4.79 Å². The minimum atomic E-state index is -0.481. The average molecular weight is 365 g/mol. The number of nitrogen functional groups attached to an aromatic ring is 1. The van der Waals surface area contributed by atoms with Crippen molar-refractivity contribution in [2.75, 3.05) is 24.1 Å². The zero-order valence-electron chi connectivity index (χ0n) is 14.9. The number of hydrogen-bond acceptors (Lipinski definition) is 5. The van der Waals surface area contributed by atoms with E-state index in [1.165, 1.54) is 0 Å². The number of halogens is 1. The molecule has 0 atom stereocenters. The molecule has 0 aliphatic heterocycles. The second-order valence-electron chi connectivity index (χ2n) is 6.77. The van der Waals surface area contributed by atoms with Crippen LogP contribution in [0.1, 0.15) is 33.6 Å². The minimum absolute atomic E-state index is 0.299. The number of para-hydroxylation sites is 1. The van der Waals surface area contributed by atoms with Crippen LogP contribution in [0, 0.1) is 0 Å². The third kappa shape index (κ3) is 5.67. The number of benzene rings is 1. The summed E-state index contributed by atoms with van der Waals surface area (Å²) >= 11 is 6.11. The molecule has 0 unspecified atom stereocenters. The smallest absolute Gasteiger partial charge is 0.407 e. The standard InChI is InChI=1S/C18H25ClN4O2/c1-18(2,3)25-17(24)22-11-7-6-10-21-15-12-8-4-5-9-13(12)23-16(19)14(15)20/h4-5,8-9H,6-7,10-11,20H2,1-3H3,(H,21,23)(H,22,24). The van der Waals surface area contributed by atoms with E-state index in [0.29, 0.717) is 23.9 Å². The van der Waals surface area contributed by atoms with Gasteiger partial charge in [0, 0.05) is 18.5 Å². The minimum Gasteiger partial charge on any atom is -0.444 e. The van der Waals surface area contributed by atoms with Crippen molar-refractivity contribution in [3.63, 3.8) is 0 Å². The normalized spacial score (nSPS) is 11.4. The van der Waals surface area contributed by atoms with E-state index < -0.39 is 11.7 Å². The highest BCUT2D eigenvalue weighted by Crippen LogP contribution is 2.33. The summed E-state index contributed by atoms with van der Waals surface area (Å²) in [5.74, 6) is 0. The zero-order valence-corrected chi connectivity index (χ0v) is 15.6. The Morgan fingerprint density at radius 3 is 2.64 bits per heavy atom. The van der Waals surface area contributed by atoms with Gasteiger partial charge < -0.3 is 21.1 Å². The summed E-state index contributed by atoms with van der Waals surface area (Å²) in [5.41, 5.74) is 7.63. The first-order chi connectivity index (χ1) is 11.8. The SMILES string of the molecule is CC(C)(C)OC(=O)NCCCCNc1c(N)c(Cl)nc2ccccc12. The molecule has 1 amide bonds. The number of carbonyl (C=O) groups excluding carboxylic acids is 1. The van der Waals surface area contributed by atoms with Crippen LogP contribution >= 0.6 is 11.6 Å². The lowest BCUT2D eigenvalue weighted by atomic mass is 10.1. The Morgan fingerprint density at radius 1 is 1.24 bits per heavy atom. The lowest BCUT2D eigenvalue weighted by Crippen LogP contribution is -2.33. The van der Waals surface area contributed by atoms with Crippen LogP contribution in [0.2, 0.25) is 5.15 Å². The van der Waals surface area contributed by atoms with Gasteiger partial charge in [0.05, 0.1) is 16.9 Å². The zero-order chi connectivity index (χ0) is 18.4. The fourth-order valence-electron chi connectivity index (χ4n) is 2.36. The van der Waals surface area contributed by atoms with Gasteiger partial charge in [-0.15, -0.1) is 0 Å². The Bertz CT molecular complexity index is 744. The van der Waals surface area contributed by atoms with E-state index >= 15 is 0 Å². The summed E-state index contributed by atoms with van der Waals surface area (Å²) in [6.07, 6.45) is 1.29. The molecule has 1 heterocycles. The highest BCUT2D eigenvalue weighted by Gasteiger charge is 2.15. The Labute approximate surface area is 153 Å². The van der Waals surface area contributed by atoms with Gasteiger partial charge in [0.1, 0.15) is 5.60 Å². The Hall–Kier alpha value is -2.21. The summed E-state index contributed by atoms with van der Waals surface area (Å²) in [5, 5.41) is 7.31. The first-order valence-corrected chi connectivity index (χ1v) is 8.70. The van der Waals surface area contributed by atoms with Crippen molar-refractivity contribution in [2.24, 2.45) is 0 Å². The van der Waals surface area contributed by atoms with E-state index in [4.69, 9.17) is 22.1 Å². The number of unbranched alkanes of at least 4 members (excludes halogenated alkanes) is 1. The summed E-state index contributed by atoms with van der Waals surface area (Å²) in [6.45, 7) is 6.79. The van der Waals surface area contributed by atoms with Crippen molar-refractivity contribution >= 4 is 40.0 Å². The number of fused-ring (bicyclic) bond motifs is 1. The van der Waals surface area contributed by atoms with Gasteiger partial charge in [-0.2, -0.15) is 0 Å². The van der Waals surface area contributed by atoms with Crippen molar-refractivity contribution in [2.45, 2.75) is 39.2 Å². The first-order valence-electron chi connectivity index (χ1n) is 8.32. The number of nitrogens with one attached hydrogen (secondary N) is 2. The van der Waals surface area contributed by atoms with E-state index in [-0.39, 0.29) is 0 Å². The maximum Gasteiger partial charge on any atom is 0.407 e. The number of hydrogen-bond donors (Lipinski definition) is 3. The second-order valence-corrected chi connectivity index (χ2v) is 7.13. The van der Waals surface area contributed by atoms with Crippen LogP contribution in [0.3, 0.4) is 0 Å². The number of carbonyl (C=O) groups is 1. The van der Waals surface area contributed by atoms with E-state index in [2.05, 4.69) is 15.6 Å². The van der Waals surface area contributed by atoms with E-state index in [0.717, 1.165) is 29.4 Å². The molecule has 136 valence electrons. The van der Waals surface area contributed by atoms with Crippen molar-refractivity contribution in [1.29, 1.82) is 0 Å². The highest BCUT2D eigenvalue weighted by atomic mass is 35.5. The molecule has 0 fully saturated rings. The number of pyridine rings is 1. The number of aromatic nitrogens is 1. The van der Waals surface area contributed by atoms with Crippen molar-refractivity contribution < 1.29 is 9.53 Å². The van der Waals surface area contributed by atoms with Gasteiger partial charge in [-0.1, -0.05) is 29.8 Å². The molecule has 2 rings (SSSR count). The molecule has 4 N–H and O–H groups in total. The molecular formula is C18H25ClN4O2. The monoisotopic (exact) mass is 364 g/mol. The number of rotatable bonds is 6. The third-order valence-corrected chi connectivity index (χ3v) is 3.75. The number of alkyl carbamates (subject to hydrolysis) is 1. The number of nitrogens with two attached hydrogens (primary N) is 1. The number of ether oxygens (including phenoxy) is 1. The summed E-state index contributed by atoms with van der Waals surface area (Å²) in [6, 6.07) is 7.71. The predicted molar refractivity (Wildman–Crippen MR) is 103 cm³/mol. The largest absolute Gasteiger partial charge is 0.444 e. The third-order valence-electron chi connectivity index (χ3n) is 3.46. The van der Waals surface area contributed by atoms with Crippen LogP contribution in [0.25, 0.3) is 10.9 Å². The van der Waals surface area contributed by atoms with E-state index in [1.807, 2.05) is 45.0 Å². The fourth-order valence-corrected chi connectivity index (χ4v) is 2.54. The molecular weight excluding hydrogens is 340 g/mol. The molecule has 0 radical (unpaired) electrons. The second kappa shape index (κ2) is 8.25. The predicted octanol–water partition coefficient (Wildman–Crippen LogP) is 4.19. The summed E-state index contributed by atoms with van der Waals surface area (Å²) in [7, 11) is 0. The van der Waals surface area contributed by atoms with Crippen molar-refractivity contribution in [1.82, 2.24) is 10.3 Å². The molecule has 0 saturated heterocycles. The van der Waals surface area contributed by atoms with Gasteiger partial charge in [0.25, 0.3) is 0 Å². The highest BCUT2D eigenvalue weighted by molar-refractivity contribution is 6.33. The van der Waals surface area contributed by atoms with Crippen LogP contribution in [0.5, 0.6) is 0 Å². The number of anilines is 2. The van der Waals surface area contributed by atoms with Crippen LogP contribution in [-0.4, -0.2) is 29.8 Å². The number of amides is 1. The Morgan fingerprint density at radius 2 is 1.92 bits per heavy atom. The van der Waals surface area contributed by atoms with Crippen LogP contribution in [0.4, 0.5) is 16.2 Å². The van der Waals surface area contributed by atoms with Crippen LogP contribution in [0.15, 0.2) is 24.3 Å². The quantitative estimate of drug-likeness (QED) is 0.528. The van der Waals surface area contributed by atoms with Crippen molar-refractivity contribution in [3.8, 4) is 0 Å². The average Bonchev–Trinajstić information content (AvgIpc) is 2.52. The molecule has 0 aliphatic carbocycles. The molecule has 6 nitrogen and oxygen atoms in total. The van der Waals surface area contributed by atoms with Gasteiger partial charge >= 0.3 is 6.09 Å². The van der Waals surface area contributed by atoms with Gasteiger partial charge in [0.15, 0.2) is 5.15 Å². The molecule has 0 spiro atoms. The van der Waals surface area contributed by atoms with Gasteiger partial charge in [-0.25, -0.2) is 9.78 Å². The molecule has 7 heteroatoms. The topological polar surface area (TPSA) is 89.3 Å². The molecule has 0 saturated carbocycles. The van der Waals surface area contributed by atoms with Crippen LogP contribution in [-0.2, 0) is 4.74 Å². The van der Waals surface area contributed by atoms with Crippen LogP contribution < -0.4 is 16.4 Å². The lowest BCUT2D eigenvalue weighted by Gasteiger charge is -2.19. The molecule has 25 heavy (non-hydrogen) atoms. The fraction of sp³-hybridized carbons (Fsp3) is 0.444. The molecule has 1 aromatic carbocycles. The maximum atomic E-state index is 11.6. The van der Waals surface area contributed by atoms with Gasteiger partial charge in [0.2, 0.25) is 0 Å². The van der Waals surface area contributed by atoms with Gasteiger partial charge in [-0.3, -0.25) is 0 Å². The Kier molecular flexibility index (Phi) is 6.31. The first kappa shape index (κ1) is 19.1. The summed E-state index contributed by atoms with van der Waals surface area (Å²) < 4.78 is 5.19. The molecule has 2 aromatic rings. The van der Waals surface area contributed by atoms with Gasteiger partial charge in [-0.05, 0) is 39.7 Å².